The van der Waals surface area contributed by atoms with Gasteiger partial charge in [-0.1, -0.05) is 29.3 Å². The summed E-state index contributed by atoms with van der Waals surface area (Å²) in [4.78, 5) is 13.7. The molecule has 2 rings (SSSR count). The Morgan fingerprint density at radius 3 is 2.56 bits per heavy atom. The lowest BCUT2D eigenvalue weighted by Gasteiger charge is -2.35. The lowest BCUT2D eigenvalue weighted by Crippen LogP contribution is -2.51. The number of carbonyl (C=O) groups excluding carboxylic acids is 1. The van der Waals surface area contributed by atoms with Crippen LogP contribution in [-0.2, 0) is 4.79 Å². The van der Waals surface area contributed by atoms with Crippen LogP contribution in [0.4, 0.5) is 5.69 Å². The molecule has 1 aromatic carbocycles. The summed E-state index contributed by atoms with van der Waals surface area (Å²) in [6.45, 7) is 1.91. The number of carbonyl (C=O) groups is 1. The van der Waals surface area contributed by atoms with Gasteiger partial charge in [0.1, 0.15) is 0 Å². The number of anilines is 1. The first kappa shape index (κ1) is 13.6. The van der Waals surface area contributed by atoms with Gasteiger partial charge in [0.25, 0.3) is 0 Å². The van der Waals surface area contributed by atoms with E-state index in [4.69, 9.17) is 28.3 Å². The maximum Gasteiger partial charge on any atom is 0.225 e. The third-order valence-electron chi connectivity index (χ3n) is 2.82. The highest BCUT2D eigenvalue weighted by atomic mass is 35.5. The van der Waals surface area contributed by atoms with Crippen LogP contribution >= 0.6 is 23.2 Å². The molecule has 6 heteroatoms. The van der Waals surface area contributed by atoms with E-state index in [0.29, 0.717) is 41.8 Å². The Kier molecular flexibility index (Phi) is 4.45. The number of hydrogen-bond donors (Lipinski definition) is 2. The molecule has 0 atom stereocenters. The molecule has 0 saturated carbocycles. The van der Waals surface area contributed by atoms with Crippen LogP contribution < -0.4 is 5.32 Å². The predicted molar refractivity (Wildman–Crippen MR) is 72.2 cm³/mol. The molecule has 1 amide bonds. The molecule has 0 radical (unpaired) electrons. The molecule has 1 saturated heterocycles. The molecule has 0 bridgehead atoms. The van der Waals surface area contributed by atoms with Crippen LogP contribution in [0.2, 0.25) is 10.0 Å². The molecule has 2 N–H and O–H groups in total. The Hall–Kier alpha value is -0.810. The normalized spacial score (nSPS) is 16.4. The second-order valence-corrected chi connectivity index (χ2v) is 5.12. The lowest BCUT2D eigenvalue weighted by atomic mass is 10.1. The van der Waals surface area contributed by atoms with E-state index in [1.807, 2.05) is 4.90 Å². The fraction of sp³-hybridized carbons (Fsp3) is 0.417. The molecule has 1 aromatic rings. The van der Waals surface area contributed by atoms with Crippen LogP contribution in [0.15, 0.2) is 18.2 Å². The number of aliphatic hydroxyl groups is 1. The Morgan fingerprint density at radius 2 is 2.00 bits per heavy atom. The molecule has 1 heterocycles. The summed E-state index contributed by atoms with van der Waals surface area (Å²) < 4.78 is 0. The Balaban J connectivity index is 1.83. The second kappa shape index (κ2) is 5.89. The van der Waals surface area contributed by atoms with Gasteiger partial charge in [-0.25, -0.2) is 0 Å². The number of nitrogens with one attached hydrogen (secondary N) is 1. The maximum atomic E-state index is 11.7. The van der Waals surface area contributed by atoms with Crippen molar-refractivity contribution in [1.29, 1.82) is 0 Å². The number of para-hydroxylation sites is 1. The van der Waals surface area contributed by atoms with Crippen LogP contribution in [0.25, 0.3) is 0 Å². The van der Waals surface area contributed by atoms with Crippen molar-refractivity contribution in [2.45, 2.75) is 12.5 Å². The fourth-order valence-electron chi connectivity index (χ4n) is 1.80. The summed E-state index contributed by atoms with van der Waals surface area (Å²) >= 11 is 11.9. The van der Waals surface area contributed by atoms with Gasteiger partial charge in [-0.15, -0.1) is 0 Å². The van der Waals surface area contributed by atoms with Gasteiger partial charge in [0.2, 0.25) is 5.91 Å². The molecule has 18 heavy (non-hydrogen) atoms. The first-order valence-electron chi connectivity index (χ1n) is 5.70. The number of benzene rings is 1. The van der Waals surface area contributed by atoms with Crippen molar-refractivity contribution in [3.63, 3.8) is 0 Å². The number of aliphatic hydroxyl groups excluding tert-OH is 1. The highest BCUT2D eigenvalue weighted by Gasteiger charge is 2.24. The number of halogens is 2. The SMILES string of the molecule is O=C(CCN1CC(O)C1)Nc1c(Cl)cccc1Cl. The molecule has 0 unspecified atom stereocenters. The summed E-state index contributed by atoms with van der Waals surface area (Å²) in [5.74, 6) is -0.133. The lowest BCUT2D eigenvalue weighted by molar-refractivity contribution is -0.117. The Morgan fingerprint density at radius 1 is 1.39 bits per heavy atom. The largest absolute Gasteiger partial charge is 0.390 e. The van der Waals surface area contributed by atoms with E-state index in [1.54, 1.807) is 18.2 Å². The summed E-state index contributed by atoms with van der Waals surface area (Å²) in [6, 6.07) is 5.07. The van der Waals surface area contributed by atoms with Crippen LogP contribution in [-0.4, -0.2) is 41.7 Å². The molecule has 1 fully saturated rings. The van der Waals surface area contributed by atoms with E-state index in [2.05, 4.69) is 5.32 Å². The minimum Gasteiger partial charge on any atom is -0.390 e. The van der Waals surface area contributed by atoms with Crippen LogP contribution in [0, 0.1) is 0 Å². The number of amides is 1. The molecule has 0 aliphatic carbocycles. The molecule has 98 valence electrons. The third kappa shape index (κ3) is 3.36. The van der Waals surface area contributed by atoms with Gasteiger partial charge in [0.15, 0.2) is 0 Å². The first-order valence-corrected chi connectivity index (χ1v) is 6.46. The van der Waals surface area contributed by atoms with Gasteiger partial charge in [-0.2, -0.15) is 0 Å². The number of hydrogen-bond acceptors (Lipinski definition) is 3. The van der Waals surface area contributed by atoms with E-state index < -0.39 is 0 Å². The highest BCUT2D eigenvalue weighted by molar-refractivity contribution is 6.39. The quantitative estimate of drug-likeness (QED) is 0.891. The van der Waals surface area contributed by atoms with Crippen LogP contribution in [0.3, 0.4) is 0 Å². The fourth-order valence-corrected chi connectivity index (χ4v) is 2.30. The number of likely N-dealkylation sites (tertiary alicyclic amines) is 1. The maximum absolute atomic E-state index is 11.7. The smallest absolute Gasteiger partial charge is 0.225 e. The zero-order chi connectivity index (χ0) is 13.1. The molecular formula is C12H14Cl2N2O2. The van der Waals surface area contributed by atoms with Gasteiger partial charge >= 0.3 is 0 Å². The summed E-state index contributed by atoms with van der Waals surface area (Å²) in [5, 5.41) is 12.7. The zero-order valence-corrected chi connectivity index (χ0v) is 11.2. The van der Waals surface area contributed by atoms with Gasteiger partial charge in [-0.05, 0) is 12.1 Å². The average molecular weight is 289 g/mol. The minimum atomic E-state index is -0.244. The molecule has 1 aliphatic rings. The van der Waals surface area contributed by atoms with Crippen molar-refractivity contribution in [1.82, 2.24) is 4.90 Å². The van der Waals surface area contributed by atoms with E-state index >= 15 is 0 Å². The topological polar surface area (TPSA) is 52.6 Å². The monoisotopic (exact) mass is 288 g/mol. The summed E-state index contributed by atoms with van der Waals surface area (Å²) in [5.41, 5.74) is 0.453. The Bertz CT molecular complexity index is 427. The third-order valence-corrected chi connectivity index (χ3v) is 3.45. The van der Waals surface area contributed by atoms with E-state index in [9.17, 15) is 4.79 Å². The minimum absolute atomic E-state index is 0.133. The van der Waals surface area contributed by atoms with E-state index in [0.717, 1.165) is 0 Å². The van der Waals surface area contributed by atoms with Gasteiger partial charge in [-0.3, -0.25) is 9.69 Å². The standard InChI is InChI=1S/C12H14Cl2N2O2/c13-9-2-1-3-10(14)12(9)15-11(18)4-5-16-6-8(17)7-16/h1-3,8,17H,4-7H2,(H,15,18). The first-order chi connectivity index (χ1) is 8.56. The highest BCUT2D eigenvalue weighted by Crippen LogP contribution is 2.29. The molecular weight excluding hydrogens is 275 g/mol. The number of rotatable bonds is 4. The predicted octanol–water partition coefficient (Wildman–Crippen LogP) is 2.00. The van der Waals surface area contributed by atoms with Crippen LogP contribution in [0.1, 0.15) is 6.42 Å². The van der Waals surface area contributed by atoms with Crippen molar-refractivity contribution < 1.29 is 9.90 Å². The Labute approximate surface area is 115 Å². The van der Waals surface area contributed by atoms with Crippen LogP contribution in [0.5, 0.6) is 0 Å². The number of nitrogens with zero attached hydrogens (tertiary/aromatic N) is 1. The second-order valence-electron chi connectivity index (χ2n) is 4.31. The van der Waals surface area contributed by atoms with Gasteiger partial charge < -0.3 is 10.4 Å². The molecule has 0 aromatic heterocycles. The van der Waals surface area contributed by atoms with Gasteiger partial charge in [0.05, 0.1) is 21.8 Å². The van der Waals surface area contributed by atoms with Crippen molar-refractivity contribution in [3.05, 3.63) is 28.2 Å². The van der Waals surface area contributed by atoms with Crippen molar-refractivity contribution in [2.24, 2.45) is 0 Å². The molecule has 4 nitrogen and oxygen atoms in total. The van der Waals surface area contributed by atoms with E-state index in [1.165, 1.54) is 0 Å². The summed E-state index contributed by atoms with van der Waals surface area (Å²) in [6.07, 6.45) is 0.111. The van der Waals surface area contributed by atoms with Gasteiger partial charge in [0, 0.05) is 26.1 Å². The molecule has 1 aliphatic heterocycles. The van der Waals surface area contributed by atoms with Crippen molar-refractivity contribution >= 4 is 34.8 Å². The summed E-state index contributed by atoms with van der Waals surface area (Å²) in [7, 11) is 0. The molecule has 0 spiro atoms. The van der Waals surface area contributed by atoms with E-state index in [-0.39, 0.29) is 12.0 Å². The van der Waals surface area contributed by atoms with Crippen molar-refractivity contribution in [3.8, 4) is 0 Å². The number of β-amino-alcohol motifs (C(OH)–C–C–N with tert-alkyl or cyclic N) is 1. The average Bonchev–Trinajstić information content (AvgIpc) is 2.28. The zero-order valence-electron chi connectivity index (χ0n) is 9.70. The van der Waals surface area contributed by atoms with Crippen molar-refractivity contribution in [2.75, 3.05) is 25.0 Å².